The molecule has 0 spiro atoms. The summed E-state index contributed by atoms with van der Waals surface area (Å²) >= 11 is 0. The Bertz CT molecular complexity index is 3530. The van der Waals surface area contributed by atoms with E-state index in [-0.39, 0.29) is 0 Å². The molecule has 0 atom stereocenters. The van der Waals surface area contributed by atoms with Crippen LogP contribution < -0.4 is 18.3 Å². The van der Waals surface area contributed by atoms with Crippen LogP contribution >= 0.6 is 0 Å². The van der Waals surface area contributed by atoms with Crippen LogP contribution in [0.15, 0.2) is 122 Å². The quantitative estimate of drug-likeness (QED) is 0.0800. The van der Waals surface area contributed by atoms with Gasteiger partial charge in [-0.2, -0.15) is 89.2 Å². The smallest absolute Gasteiger partial charge is 0.485 e. The number of carbonyl (C=O) groups excluding carboxylic acids is 4. The van der Waals surface area contributed by atoms with Gasteiger partial charge in [0.1, 0.15) is 0 Å². The summed E-state index contributed by atoms with van der Waals surface area (Å²) in [5, 5.41) is 0. The fourth-order valence-electron chi connectivity index (χ4n) is 6.53. The first-order chi connectivity index (χ1) is 41.9. The number of fused-ring (bicyclic) bond motifs is 20. The highest BCUT2D eigenvalue weighted by atomic mass is 32.2. The second kappa shape index (κ2) is 33.7. The number of imidazole rings is 4. The third-order valence-corrected chi connectivity index (χ3v) is 12.6. The van der Waals surface area contributed by atoms with Crippen LogP contribution in [-0.4, -0.2) is 194 Å². The van der Waals surface area contributed by atoms with Crippen LogP contribution in [0.4, 0.5) is 52.7 Å². The van der Waals surface area contributed by atoms with Crippen LogP contribution in [0.2, 0.25) is 0 Å². The Balaban J connectivity index is 0.000000663. The van der Waals surface area contributed by atoms with Crippen molar-refractivity contribution in [1.29, 1.82) is 0 Å². The Labute approximate surface area is 515 Å². The van der Waals surface area contributed by atoms with E-state index in [0.29, 0.717) is 0 Å². The zero-order valence-corrected chi connectivity index (χ0v) is 52.0. The summed E-state index contributed by atoms with van der Waals surface area (Å²) in [5.41, 5.74) is -12.8. The topological polar surface area (TPSA) is 345 Å². The average molecular weight is 1410 g/mol. The van der Waals surface area contributed by atoms with Crippen molar-refractivity contribution in [2.24, 2.45) is 0 Å². The Hall–Kier alpha value is -8.56. The fraction of sp³-hybridized carbons (Fsp3) is 0.333. The molecule has 512 valence electrons. The maximum absolute atomic E-state index is 10.7. The van der Waals surface area contributed by atoms with E-state index in [4.69, 9.17) is 51.9 Å². The van der Waals surface area contributed by atoms with Crippen LogP contribution in [0.3, 0.4) is 0 Å². The minimum Gasteiger partial charge on any atom is -0.741 e. The third-order valence-electron chi connectivity index (χ3n) is 10.3. The van der Waals surface area contributed by atoms with E-state index in [1.54, 1.807) is 56.4 Å². The monoisotopic (exact) mass is 1410 g/mol. The molecule has 8 bridgehead atoms. The zero-order chi connectivity index (χ0) is 71.3. The number of halogens is 12. The van der Waals surface area contributed by atoms with Gasteiger partial charge in [0, 0.05) is 56.4 Å². The summed E-state index contributed by atoms with van der Waals surface area (Å²) in [6.45, 7) is 2.89. The SMILES string of the molecule is CN(C)C=O.CN(C)C=O.CN(C)C=O.CN(C)C=O.O=S(=O)([O-])C(F)(F)F.O=S(=O)([O-])C(F)(F)F.O=S(=O)([O-])C(F)(F)F.O=S(=O)([O-])C(F)(F)F.c1ccc2c(c1)n1c[n+]2Cn2c[n+](c3ccccc32)C[n+]2cn(c3ccccc32)C[n+]2cn(c3ccccc32)C1. The first kappa shape index (κ1) is 81.5. The Morgan fingerprint density at radius 1 is 0.348 bits per heavy atom. The van der Waals surface area contributed by atoms with Crippen molar-refractivity contribution in [2.45, 2.75) is 48.7 Å². The lowest BCUT2D eigenvalue weighted by Gasteiger charge is -2.08. The van der Waals surface area contributed by atoms with E-state index in [0.717, 1.165) is 52.3 Å². The number of benzene rings is 4. The third kappa shape index (κ3) is 25.6. The molecule has 5 heterocycles. The standard InChI is InChI=1S/C32H28N8.4C3H7NO.4CHF3O3S/c1-2-10-26-25(9-1)33-17-34(26)22-36-19-38(30-14-6-5-13-29(30)36)24-40-20-39(31-15-7-8-16-32(31)40)23-37-18-35(21-33)27-11-3-4-12-28(27)37;4*1-4(2)3-5;4*2-1(3,4)8(5,6)7/h1-20H,21-24H2;4*3H,1-2H3;4*(H,5,6,7)/q+4;;;;;;;;/p-4. The van der Waals surface area contributed by atoms with Crippen LogP contribution in [0, 0.1) is 0 Å². The predicted molar refractivity (Wildman–Crippen MR) is 292 cm³/mol. The lowest BCUT2D eigenvalue weighted by Crippen LogP contribution is -2.51. The van der Waals surface area contributed by atoms with E-state index >= 15 is 0 Å². The molecule has 0 N–H and O–H groups in total. The summed E-state index contributed by atoms with van der Waals surface area (Å²) in [5.74, 6) is 0. The van der Waals surface area contributed by atoms with Crippen molar-refractivity contribution >= 4 is 110 Å². The number of hydrogen-bond acceptors (Lipinski definition) is 16. The highest BCUT2D eigenvalue weighted by Crippen LogP contribution is 2.24. The van der Waals surface area contributed by atoms with Gasteiger partial charge in [-0.25, -0.2) is 33.7 Å². The molecular formula is C48H56F12N12O16S4. The summed E-state index contributed by atoms with van der Waals surface area (Å²) in [7, 11) is -10.9. The first-order valence-electron chi connectivity index (χ1n) is 24.3. The fourth-order valence-corrected chi connectivity index (χ4v) is 6.53. The number of amides is 4. The Morgan fingerprint density at radius 3 is 0.696 bits per heavy atom. The van der Waals surface area contributed by atoms with Gasteiger partial charge < -0.3 is 37.8 Å². The molecule has 44 heteroatoms. The van der Waals surface area contributed by atoms with Gasteiger partial charge in [0.2, 0.25) is 52.3 Å². The summed E-state index contributed by atoms with van der Waals surface area (Å²) in [6.07, 6.45) is 12.0. The average Bonchev–Trinajstić information content (AvgIpc) is 1.61. The lowest BCUT2D eigenvalue weighted by atomic mass is 10.3. The summed E-state index contributed by atoms with van der Waals surface area (Å²) in [4.78, 5) is 43.5. The van der Waals surface area contributed by atoms with Gasteiger partial charge in [-0.3, -0.25) is 19.2 Å². The second-order valence-electron chi connectivity index (χ2n) is 18.6. The number of carbonyl (C=O) groups is 4. The number of nitrogens with zero attached hydrogens (tertiary/aromatic N) is 12. The molecule has 0 unspecified atom stereocenters. The van der Waals surface area contributed by atoms with Gasteiger partial charge in [-0.15, -0.1) is 0 Å². The summed E-state index contributed by atoms with van der Waals surface area (Å²) in [6, 6.07) is 34.8. The highest BCUT2D eigenvalue weighted by Gasteiger charge is 2.39. The molecule has 1 aliphatic rings. The minimum atomic E-state index is -6.09. The molecule has 4 aromatic heterocycles. The molecule has 8 aromatic rings. The molecule has 0 saturated carbocycles. The minimum absolute atomic E-state index is 0.722. The van der Waals surface area contributed by atoms with E-state index in [2.05, 4.69) is 159 Å². The lowest BCUT2D eigenvalue weighted by molar-refractivity contribution is -0.891. The normalized spacial score (nSPS) is 12.3. The summed E-state index contributed by atoms with van der Waals surface area (Å²) < 4.78 is 254. The van der Waals surface area contributed by atoms with Crippen molar-refractivity contribution in [3.05, 3.63) is 122 Å². The van der Waals surface area contributed by atoms with Crippen LogP contribution in [0.25, 0.3) is 44.1 Å². The van der Waals surface area contributed by atoms with Gasteiger partial charge in [0.05, 0.1) is 0 Å². The molecule has 4 aromatic carbocycles. The number of rotatable bonds is 4. The van der Waals surface area contributed by atoms with Crippen molar-refractivity contribution in [1.82, 2.24) is 37.9 Å². The largest absolute Gasteiger partial charge is 0.741 e. The number of aromatic nitrogens is 8. The molecule has 4 amide bonds. The van der Waals surface area contributed by atoms with Crippen molar-refractivity contribution in [3.63, 3.8) is 0 Å². The van der Waals surface area contributed by atoms with E-state index in [1.165, 1.54) is 63.7 Å². The van der Waals surface area contributed by atoms with Crippen LogP contribution in [0.5, 0.6) is 0 Å². The van der Waals surface area contributed by atoms with Crippen molar-refractivity contribution < 1.29 is 142 Å². The van der Waals surface area contributed by atoms with E-state index in [1.807, 2.05) is 0 Å². The van der Waals surface area contributed by atoms with E-state index in [9.17, 15) is 71.9 Å². The predicted octanol–water partition coefficient (Wildman–Crippen LogP) is 2.02. The number of para-hydroxylation sites is 8. The second-order valence-corrected chi connectivity index (χ2v) is 24.1. The Morgan fingerprint density at radius 2 is 0.511 bits per heavy atom. The Kier molecular flexibility index (Phi) is 29.8. The molecule has 0 saturated heterocycles. The molecule has 28 nitrogen and oxygen atoms in total. The van der Waals surface area contributed by atoms with Gasteiger partial charge in [0.25, 0.3) is 25.3 Å². The molecule has 9 rings (SSSR count). The zero-order valence-electron chi connectivity index (χ0n) is 48.8. The molecule has 92 heavy (non-hydrogen) atoms. The molecule has 0 radical (unpaired) electrons. The number of alkyl halides is 12. The van der Waals surface area contributed by atoms with Crippen LogP contribution in [0.1, 0.15) is 0 Å². The maximum atomic E-state index is 10.7. The molecular weight excluding hydrogens is 1360 g/mol. The number of hydrogen-bond donors (Lipinski definition) is 0. The van der Waals surface area contributed by atoms with Gasteiger partial charge in [-0.05, 0) is 48.5 Å². The van der Waals surface area contributed by atoms with Gasteiger partial charge >= 0.3 is 22.0 Å². The molecule has 0 fully saturated rings. The van der Waals surface area contributed by atoms with Crippen molar-refractivity contribution in [3.8, 4) is 0 Å². The van der Waals surface area contributed by atoms with Gasteiger partial charge in [-0.1, -0.05) is 48.5 Å². The molecule has 1 aliphatic heterocycles. The maximum Gasteiger partial charge on any atom is 0.485 e. The van der Waals surface area contributed by atoms with Crippen molar-refractivity contribution in [2.75, 3.05) is 56.4 Å². The van der Waals surface area contributed by atoms with Crippen LogP contribution in [-0.2, 0) is 86.3 Å². The molecule has 0 aliphatic carbocycles. The van der Waals surface area contributed by atoms with E-state index < -0.39 is 62.5 Å². The highest BCUT2D eigenvalue weighted by molar-refractivity contribution is 7.87. The van der Waals surface area contributed by atoms with Gasteiger partial charge in [0.15, 0.2) is 84.6 Å². The first-order valence-corrected chi connectivity index (χ1v) is 30.0.